The van der Waals surface area contributed by atoms with Gasteiger partial charge in [-0.25, -0.2) is 0 Å². The number of rotatable bonds is 9. The summed E-state index contributed by atoms with van der Waals surface area (Å²) >= 11 is 0. The molecular formula is C23H39IN4O3. The van der Waals surface area contributed by atoms with Crippen molar-refractivity contribution in [3.8, 4) is 11.5 Å². The first-order valence-corrected chi connectivity index (χ1v) is 11.4. The van der Waals surface area contributed by atoms with Crippen LogP contribution in [-0.4, -0.2) is 69.0 Å². The summed E-state index contributed by atoms with van der Waals surface area (Å²) in [4.78, 5) is 7.37. The maximum atomic E-state index is 6.05. The number of fused-ring (bicyclic) bond motifs is 1. The number of nitrogens with zero attached hydrogens (tertiary/aromatic N) is 2. The van der Waals surface area contributed by atoms with Gasteiger partial charge in [-0.05, 0) is 64.8 Å². The molecule has 3 unspecified atom stereocenters. The standard InChI is InChI=1S/C23H38N4O3.HI/c1-5-24-23(25-14-20-15-27-12-8-9-19(27)16-30-20)26-17(4)18-10-11-21(28-6-2)22(13-18)29-7-3;/h10-11,13,17,19-20H,5-9,12,14-16H2,1-4H3,(H2,24,25,26);1H. The Hall–Kier alpha value is -1.26. The van der Waals surface area contributed by atoms with Crippen LogP contribution in [0.4, 0.5) is 0 Å². The number of hydrogen-bond acceptors (Lipinski definition) is 5. The molecule has 2 aliphatic heterocycles. The van der Waals surface area contributed by atoms with Gasteiger partial charge >= 0.3 is 0 Å². The van der Waals surface area contributed by atoms with Crippen molar-refractivity contribution in [2.75, 3.05) is 46.0 Å². The molecule has 0 spiro atoms. The molecule has 0 amide bonds. The van der Waals surface area contributed by atoms with E-state index in [4.69, 9.17) is 19.2 Å². The Bertz CT molecular complexity index is 703. The maximum absolute atomic E-state index is 6.05. The van der Waals surface area contributed by atoms with Crippen molar-refractivity contribution in [1.29, 1.82) is 0 Å². The lowest BCUT2D eigenvalue weighted by atomic mass is 10.1. The molecule has 0 aliphatic carbocycles. The van der Waals surface area contributed by atoms with E-state index in [0.29, 0.717) is 25.8 Å². The van der Waals surface area contributed by atoms with E-state index in [0.717, 1.165) is 42.7 Å². The SMILES string of the molecule is CCNC(=NCC1CN2CCCC2CO1)NC(C)c1ccc(OCC)c(OCC)c1.I. The Labute approximate surface area is 204 Å². The molecule has 0 saturated carbocycles. The Kier molecular flexibility index (Phi) is 11.2. The largest absolute Gasteiger partial charge is 0.490 e. The van der Waals surface area contributed by atoms with Crippen molar-refractivity contribution < 1.29 is 14.2 Å². The van der Waals surface area contributed by atoms with E-state index in [1.807, 2.05) is 26.0 Å². The van der Waals surface area contributed by atoms with Crippen LogP contribution in [0.1, 0.15) is 52.1 Å². The summed E-state index contributed by atoms with van der Waals surface area (Å²) in [7, 11) is 0. The van der Waals surface area contributed by atoms with Crippen molar-refractivity contribution in [2.24, 2.45) is 4.99 Å². The van der Waals surface area contributed by atoms with Gasteiger partial charge in [0.1, 0.15) is 0 Å². The van der Waals surface area contributed by atoms with Crippen molar-refractivity contribution >= 4 is 29.9 Å². The molecule has 2 aliphatic rings. The average molecular weight is 546 g/mol. The minimum atomic E-state index is 0. The number of nitrogens with one attached hydrogen (secondary N) is 2. The van der Waals surface area contributed by atoms with Crippen molar-refractivity contribution in [1.82, 2.24) is 15.5 Å². The quantitative estimate of drug-likeness (QED) is 0.281. The van der Waals surface area contributed by atoms with E-state index in [2.05, 4.69) is 35.4 Å². The number of benzene rings is 1. The summed E-state index contributed by atoms with van der Waals surface area (Å²) in [6, 6.07) is 6.80. The van der Waals surface area contributed by atoms with Crippen LogP contribution < -0.4 is 20.1 Å². The summed E-state index contributed by atoms with van der Waals surface area (Å²) in [5.74, 6) is 2.37. The second kappa shape index (κ2) is 13.3. The molecular weight excluding hydrogens is 507 g/mol. The number of morpholine rings is 1. The fourth-order valence-electron chi connectivity index (χ4n) is 4.13. The number of guanidine groups is 1. The van der Waals surface area contributed by atoms with Gasteiger partial charge in [-0.1, -0.05) is 6.07 Å². The van der Waals surface area contributed by atoms with Gasteiger partial charge < -0.3 is 24.8 Å². The van der Waals surface area contributed by atoms with Crippen LogP contribution in [0.5, 0.6) is 11.5 Å². The highest BCUT2D eigenvalue weighted by Crippen LogP contribution is 2.30. The summed E-state index contributed by atoms with van der Waals surface area (Å²) in [6.45, 7) is 13.9. The van der Waals surface area contributed by atoms with Crippen LogP contribution in [0, 0.1) is 0 Å². The third-order valence-electron chi connectivity index (χ3n) is 5.68. The molecule has 0 bridgehead atoms. The number of ether oxygens (including phenoxy) is 3. The highest BCUT2D eigenvalue weighted by atomic mass is 127. The summed E-state index contributed by atoms with van der Waals surface area (Å²) in [6.07, 6.45) is 2.72. The number of aliphatic imine (C=N–C) groups is 1. The Morgan fingerprint density at radius 1 is 1.23 bits per heavy atom. The lowest BCUT2D eigenvalue weighted by Crippen LogP contribution is -2.47. The highest BCUT2D eigenvalue weighted by Gasteiger charge is 2.32. The molecule has 0 radical (unpaired) electrons. The molecule has 7 nitrogen and oxygen atoms in total. The fraction of sp³-hybridized carbons (Fsp3) is 0.696. The third-order valence-corrected chi connectivity index (χ3v) is 5.68. The molecule has 0 aromatic heterocycles. The lowest BCUT2D eigenvalue weighted by Gasteiger charge is -2.34. The second-order valence-corrected chi connectivity index (χ2v) is 7.90. The van der Waals surface area contributed by atoms with Crippen LogP contribution >= 0.6 is 24.0 Å². The molecule has 1 aromatic carbocycles. The van der Waals surface area contributed by atoms with Gasteiger partial charge in [0.2, 0.25) is 0 Å². The first-order valence-electron chi connectivity index (χ1n) is 11.4. The predicted molar refractivity (Wildman–Crippen MR) is 136 cm³/mol. The molecule has 2 saturated heterocycles. The normalized spacial score (nSPS) is 22.3. The average Bonchev–Trinajstić information content (AvgIpc) is 3.21. The van der Waals surface area contributed by atoms with Crippen molar-refractivity contribution in [3.05, 3.63) is 23.8 Å². The number of hydrogen-bond donors (Lipinski definition) is 2. The smallest absolute Gasteiger partial charge is 0.191 e. The van der Waals surface area contributed by atoms with Crippen LogP contribution in [0.3, 0.4) is 0 Å². The zero-order chi connectivity index (χ0) is 21.3. The molecule has 2 N–H and O–H groups in total. The van der Waals surface area contributed by atoms with Gasteiger partial charge in [0.15, 0.2) is 17.5 Å². The third kappa shape index (κ3) is 7.39. The first kappa shape index (κ1) is 26.0. The van der Waals surface area contributed by atoms with Gasteiger partial charge in [0, 0.05) is 19.1 Å². The molecule has 3 atom stereocenters. The van der Waals surface area contributed by atoms with Gasteiger partial charge in [-0.3, -0.25) is 9.89 Å². The summed E-state index contributed by atoms with van der Waals surface area (Å²) < 4.78 is 17.5. The van der Waals surface area contributed by atoms with Gasteiger partial charge in [0.05, 0.1) is 38.5 Å². The highest BCUT2D eigenvalue weighted by molar-refractivity contribution is 14.0. The molecule has 2 heterocycles. The van der Waals surface area contributed by atoms with E-state index in [1.54, 1.807) is 0 Å². The Morgan fingerprint density at radius 2 is 2.00 bits per heavy atom. The topological polar surface area (TPSA) is 67.4 Å². The summed E-state index contributed by atoms with van der Waals surface area (Å²) in [5.41, 5.74) is 1.13. The Balaban J connectivity index is 0.00000341. The van der Waals surface area contributed by atoms with Crippen LogP contribution in [0.25, 0.3) is 0 Å². The molecule has 176 valence electrons. The van der Waals surface area contributed by atoms with Gasteiger partial charge in [0.25, 0.3) is 0 Å². The molecule has 3 rings (SSSR count). The van der Waals surface area contributed by atoms with Crippen LogP contribution in [0.15, 0.2) is 23.2 Å². The molecule has 2 fully saturated rings. The van der Waals surface area contributed by atoms with E-state index < -0.39 is 0 Å². The predicted octanol–water partition coefficient (Wildman–Crippen LogP) is 3.58. The molecule has 31 heavy (non-hydrogen) atoms. The van der Waals surface area contributed by atoms with Crippen molar-refractivity contribution in [2.45, 2.75) is 58.7 Å². The van der Waals surface area contributed by atoms with Crippen LogP contribution in [-0.2, 0) is 4.74 Å². The lowest BCUT2D eigenvalue weighted by molar-refractivity contribution is -0.0432. The Morgan fingerprint density at radius 3 is 2.74 bits per heavy atom. The van der Waals surface area contributed by atoms with Crippen molar-refractivity contribution in [3.63, 3.8) is 0 Å². The number of halogens is 1. The fourth-order valence-corrected chi connectivity index (χ4v) is 4.13. The minimum Gasteiger partial charge on any atom is -0.490 e. The van der Waals surface area contributed by atoms with Gasteiger partial charge in [-0.2, -0.15) is 0 Å². The minimum absolute atomic E-state index is 0. The monoisotopic (exact) mass is 546 g/mol. The van der Waals surface area contributed by atoms with E-state index in [-0.39, 0.29) is 36.1 Å². The van der Waals surface area contributed by atoms with Crippen LogP contribution in [0.2, 0.25) is 0 Å². The zero-order valence-electron chi connectivity index (χ0n) is 19.4. The van der Waals surface area contributed by atoms with E-state index >= 15 is 0 Å². The van der Waals surface area contributed by atoms with Gasteiger partial charge in [-0.15, -0.1) is 24.0 Å². The summed E-state index contributed by atoms with van der Waals surface area (Å²) in [5, 5.41) is 6.87. The van der Waals surface area contributed by atoms with E-state index in [9.17, 15) is 0 Å². The maximum Gasteiger partial charge on any atom is 0.191 e. The molecule has 8 heteroatoms. The zero-order valence-corrected chi connectivity index (χ0v) is 21.7. The first-order chi connectivity index (χ1) is 14.6. The second-order valence-electron chi connectivity index (χ2n) is 7.90. The molecule has 1 aromatic rings. The van der Waals surface area contributed by atoms with E-state index in [1.165, 1.54) is 19.4 Å².